The Balaban J connectivity index is 1.99. The molecule has 0 saturated carbocycles. The largest absolute Gasteiger partial charge is 0.341 e. The van der Waals surface area contributed by atoms with E-state index in [1.165, 1.54) is 18.3 Å². The molecule has 0 N–H and O–H groups in total. The van der Waals surface area contributed by atoms with Crippen LogP contribution in [-0.2, 0) is 16.9 Å². The number of hydrogen-bond acceptors (Lipinski definition) is 6. The Labute approximate surface area is 129 Å². The number of hydrogen-bond donors (Lipinski definition) is 0. The Morgan fingerprint density at radius 2 is 2.04 bits per heavy atom. The molecule has 0 saturated heterocycles. The van der Waals surface area contributed by atoms with E-state index in [1.54, 1.807) is 17.9 Å². The van der Waals surface area contributed by atoms with Crippen LogP contribution in [0.3, 0.4) is 0 Å². The van der Waals surface area contributed by atoms with Crippen LogP contribution in [0, 0.1) is 0 Å². The first-order valence-corrected chi connectivity index (χ1v) is 7.88. The monoisotopic (exact) mass is 340 g/mol. The maximum Gasteiger partial charge on any atom is 0.341 e. The Kier molecular flexibility index (Phi) is 3.68. The van der Waals surface area contributed by atoms with Gasteiger partial charge in [-0.05, 0) is 18.2 Å². The maximum atomic E-state index is 12.6. The first-order chi connectivity index (χ1) is 10.9. The van der Waals surface area contributed by atoms with E-state index in [9.17, 15) is 17.2 Å². The molecule has 0 unspecified atom stereocenters. The summed E-state index contributed by atoms with van der Waals surface area (Å²) in [6.07, 6.45) is 3.21. The number of nitrogens with zero attached hydrogens (tertiary/aromatic N) is 4. The van der Waals surface area contributed by atoms with Crippen LogP contribution in [0.5, 0.6) is 0 Å². The van der Waals surface area contributed by atoms with Crippen molar-refractivity contribution in [3.05, 3.63) is 36.7 Å². The van der Waals surface area contributed by atoms with E-state index in [2.05, 4.69) is 15.2 Å². The van der Waals surface area contributed by atoms with Crippen LogP contribution in [0.25, 0.3) is 22.8 Å². The highest BCUT2D eigenvalue weighted by Crippen LogP contribution is 2.26. The van der Waals surface area contributed by atoms with Crippen molar-refractivity contribution in [1.29, 1.82) is 0 Å². The normalized spacial score (nSPS) is 12.0. The number of alkyl halides is 2. The highest BCUT2D eigenvalue weighted by molar-refractivity contribution is 7.91. The van der Waals surface area contributed by atoms with E-state index in [0.29, 0.717) is 5.56 Å². The minimum Gasteiger partial charge on any atom is -0.334 e. The second-order valence-electron chi connectivity index (χ2n) is 4.66. The molecule has 0 spiro atoms. The van der Waals surface area contributed by atoms with Crippen molar-refractivity contribution in [2.45, 2.75) is 10.7 Å². The molecular formula is C13H10F2N4O3S. The molecule has 2 aromatic heterocycles. The third-order valence-electron chi connectivity index (χ3n) is 3.03. The first kappa shape index (κ1) is 15.3. The molecule has 0 radical (unpaired) electrons. The molecule has 0 atom stereocenters. The van der Waals surface area contributed by atoms with Crippen molar-refractivity contribution in [3.8, 4) is 22.8 Å². The zero-order valence-electron chi connectivity index (χ0n) is 11.7. The molecule has 0 bridgehead atoms. The lowest BCUT2D eigenvalue weighted by Gasteiger charge is -2.03. The molecule has 0 aliphatic heterocycles. The van der Waals surface area contributed by atoms with E-state index >= 15 is 0 Å². The fraction of sp³-hybridized carbons (Fsp3) is 0.154. The Hall–Kier alpha value is -2.62. The smallest absolute Gasteiger partial charge is 0.334 e. The van der Waals surface area contributed by atoms with Gasteiger partial charge in [0.15, 0.2) is 0 Å². The Morgan fingerprint density at radius 1 is 1.26 bits per heavy atom. The van der Waals surface area contributed by atoms with Crippen LogP contribution in [-0.4, -0.2) is 34.1 Å². The van der Waals surface area contributed by atoms with Gasteiger partial charge < -0.3 is 4.52 Å². The average molecular weight is 340 g/mol. The van der Waals surface area contributed by atoms with Crippen molar-refractivity contribution in [2.24, 2.45) is 7.05 Å². The molecule has 0 amide bonds. The van der Waals surface area contributed by atoms with Gasteiger partial charge in [0.1, 0.15) is 0 Å². The summed E-state index contributed by atoms with van der Waals surface area (Å²) >= 11 is 0. The second-order valence-corrected chi connectivity index (χ2v) is 6.58. The third-order valence-corrected chi connectivity index (χ3v) is 4.41. The summed E-state index contributed by atoms with van der Waals surface area (Å²) < 4.78 is 54.9. The minimum atomic E-state index is -4.69. The molecule has 1 aromatic carbocycles. The van der Waals surface area contributed by atoms with Gasteiger partial charge in [-0.1, -0.05) is 11.2 Å². The molecule has 10 heteroatoms. The minimum absolute atomic E-state index is 0.0233. The fourth-order valence-electron chi connectivity index (χ4n) is 1.90. The van der Waals surface area contributed by atoms with Crippen molar-refractivity contribution in [2.75, 3.05) is 0 Å². The van der Waals surface area contributed by atoms with Gasteiger partial charge in [-0.15, -0.1) is 0 Å². The SMILES string of the molecule is Cn1cc(-c2noc(-c3cccc(S(=O)(=O)C(F)F)c3)n2)cn1. The molecule has 7 nitrogen and oxygen atoms in total. The van der Waals surface area contributed by atoms with Crippen LogP contribution in [0.1, 0.15) is 0 Å². The number of benzene rings is 1. The molecule has 0 aliphatic rings. The number of halogens is 2. The van der Waals surface area contributed by atoms with Crippen molar-refractivity contribution in [3.63, 3.8) is 0 Å². The number of sulfone groups is 1. The van der Waals surface area contributed by atoms with Gasteiger partial charge in [0.2, 0.25) is 15.7 Å². The van der Waals surface area contributed by atoms with Crippen LogP contribution in [0.4, 0.5) is 8.78 Å². The summed E-state index contributed by atoms with van der Waals surface area (Å²) in [7, 11) is -2.96. The van der Waals surface area contributed by atoms with Crippen molar-refractivity contribution in [1.82, 2.24) is 19.9 Å². The van der Waals surface area contributed by atoms with Crippen LogP contribution < -0.4 is 0 Å². The zero-order chi connectivity index (χ0) is 16.6. The summed E-state index contributed by atoms with van der Waals surface area (Å²) in [5, 5.41) is 7.74. The predicted molar refractivity (Wildman–Crippen MR) is 75.1 cm³/mol. The molecular weight excluding hydrogens is 330 g/mol. The molecule has 3 rings (SSSR count). The summed E-state index contributed by atoms with van der Waals surface area (Å²) in [6, 6.07) is 4.98. The molecule has 0 fully saturated rings. The summed E-state index contributed by atoms with van der Waals surface area (Å²) in [5.41, 5.74) is 0.841. The first-order valence-electron chi connectivity index (χ1n) is 6.33. The zero-order valence-corrected chi connectivity index (χ0v) is 12.5. The lowest BCUT2D eigenvalue weighted by atomic mass is 10.2. The van der Waals surface area contributed by atoms with Crippen LogP contribution in [0.2, 0.25) is 0 Å². The van der Waals surface area contributed by atoms with E-state index in [1.807, 2.05) is 0 Å². The summed E-state index contributed by atoms with van der Waals surface area (Å²) in [5.74, 6) is -3.21. The van der Waals surface area contributed by atoms with E-state index in [0.717, 1.165) is 12.1 Å². The standard InChI is InChI=1S/C13H10F2N4O3S/c1-19-7-9(6-16-19)11-17-12(22-18-11)8-3-2-4-10(5-8)23(20,21)13(14)15/h2-7,13H,1H3. The Bertz CT molecular complexity index is 950. The van der Waals surface area contributed by atoms with Gasteiger partial charge in [-0.25, -0.2) is 8.42 Å². The predicted octanol–water partition coefficient (Wildman–Crippen LogP) is 2.13. The topological polar surface area (TPSA) is 90.9 Å². The molecule has 0 aliphatic carbocycles. The molecule has 23 heavy (non-hydrogen) atoms. The quantitative estimate of drug-likeness (QED) is 0.723. The van der Waals surface area contributed by atoms with Gasteiger partial charge in [-0.2, -0.15) is 18.9 Å². The van der Waals surface area contributed by atoms with Crippen molar-refractivity contribution < 1.29 is 21.7 Å². The van der Waals surface area contributed by atoms with E-state index in [4.69, 9.17) is 4.52 Å². The van der Waals surface area contributed by atoms with E-state index in [-0.39, 0.29) is 17.3 Å². The lowest BCUT2D eigenvalue weighted by molar-refractivity contribution is 0.234. The lowest BCUT2D eigenvalue weighted by Crippen LogP contribution is -2.11. The number of aromatic nitrogens is 4. The molecule has 120 valence electrons. The van der Waals surface area contributed by atoms with Crippen LogP contribution in [0.15, 0.2) is 46.1 Å². The van der Waals surface area contributed by atoms with E-state index < -0.39 is 20.5 Å². The van der Waals surface area contributed by atoms with Gasteiger partial charge in [0.25, 0.3) is 5.89 Å². The molecule has 3 aromatic rings. The molecule has 2 heterocycles. The Morgan fingerprint density at radius 3 is 2.70 bits per heavy atom. The van der Waals surface area contributed by atoms with Gasteiger partial charge in [0, 0.05) is 18.8 Å². The highest BCUT2D eigenvalue weighted by Gasteiger charge is 2.27. The number of rotatable bonds is 4. The second kappa shape index (κ2) is 5.54. The fourth-order valence-corrected chi connectivity index (χ4v) is 2.67. The third kappa shape index (κ3) is 2.84. The number of aryl methyl sites for hydroxylation is 1. The highest BCUT2D eigenvalue weighted by atomic mass is 32.2. The summed E-state index contributed by atoms with van der Waals surface area (Å²) in [4.78, 5) is 3.61. The summed E-state index contributed by atoms with van der Waals surface area (Å²) in [6.45, 7) is 0. The van der Waals surface area contributed by atoms with Gasteiger partial charge in [-0.3, -0.25) is 4.68 Å². The van der Waals surface area contributed by atoms with Gasteiger partial charge in [0.05, 0.1) is 16.7 Å². The van der Waals surface area contributed by atoms with Crippen molar-refractivity contribution >= 4 is 9.84 Å². The van der Waals surface area contributed by atoms with Gasteiger partial charge >= 0.3 is 5.76 Å². The van der Waals surface area contributed by atoms with Crippen LogP contribution >= 0.6 is 0 Å². The average Bonchev–Trinajstić information content (AvgIpc) is 3.16. The maximum absolute atomic E-state index is 12.6.